The van der Waals surface area contributed by atoms with Crippen LogP contribution in [0.25, 0.3) is 0 Å². The molecular formula is C24H26O3. The molecule has 0 aliphatic heterocycles. The summed E-state index contributed by atoms with van der Waals surface area (Å²) in [6.45, 7) is 5.01. The molecule has 3 heteroatoms. The van der Waals surface area contributed by atoms with E-state index in [9.17, 15) is 10.2 Å². The number of ether oxygens (including phenoxy) is 1. The second-order valence-corrected chi connectivity index (χ2v) is 6.38. The topological polar surface area (TPSA) is 49.7 Å². The zero-order valence-electron chi connectivity index (χ0n) is 15.9. The van der Waals surface area contributed by atoms with E-state index in [1.807, 2.05) is 62.4 Å². The van der Waals surface area contributed by atoms with E-state index in [2.05, 4.69) is 23.7 Å². The van der Waals surface area contributed by atoms with Crippen LogP contribution in [0.5, 0.6) is 0 Å². The number of aliphatic hydroxyl groups is 2. The Morgan fingerprint density at radius 2 is 1.07 bits per heavy atom. The lowest BCUT2D eigenvalue weighted by Crippen LogP contribution is -1.97. The van der Waals surface area contributed by atoms with Gasteiger partial charge in [0.15, 0.2) is 0 Å². The lowest BCUT2D eigenvalue weighted by molar-refractivity contribution is 0.145. The number of aliphatic hydroxyl groups excluding tert-OH is 2. The zero-order chi connectivity index (χ0) is 19.5. The maximum absolute atomic E-state index is 9.99. The van der Waals surface area contributed by atoms with E-state index in [0.29, 0.717) is 26.1 Å². The van der Waals surface area contributed by atoms with E-state index in [1.54, 1.807) is 0 Å². The molecule has 0 bridgehead atoms. The molecule has 2 aromatic rings. The fraction of sp³-hybridized carbons (Fsp3) is 0.333. The predicted octanol–water partition coefficient (Wildman–Crippen LogP) is 3.87. The zero-order valence-corrected chi connectivity index (χ0v) is 15.9. The molecule has 0 heterocycles. The van der Waals surface area contributed by atoms with Gasteiger partial charge in [-0.2, -0.15) is 0 Å². The average Bonchev–Trinajstić information content (AvgIpc) is 2.67. The smallest absolute Gasteiger partial charge is 0.140 e. The summed E-state index contributed by atoms with van der Waals surface area (Å²) in [6, 6.07) is 15.4. The Labute approximate surface area is 162 Å². The first-order valence-corrected chi connectivity index (χ1v) is 9.10. The quantitative estimate of drug-likeness (QED) is 0.606. The van der Waals surface area contributed by atoms with Crippen LogP contribution in [0.2, 0.25) is 0 Å². The molecule has 0 fully saturated rings. The minimum absolute atomic E-state index is 0.496. The third-order valence-corrected chi connectivity index (χ3v) is 4.01. The molecule has 0 saturated heterocycles. The Hall–Kier alpha value is -2.56. The average molecular weight is 362 g/mol. The summed E-state index contributed by atoms with van der Waals surface area (Å²) in [4.78, 5) is 0. The molecule has 140 valence electrons. The van der Waals surface area contributed by atoms with Gasteiger partial charge in [-0.25, -0.2) is 0 Å². The number of aryl methyl sites for hydroxylation is 2. The summed E-state index contributed by atoms with van der Waals surface area (Å²) < 4.78 is 5.47. The van der Waals surface area contributed by atoms with Crippen LogP contribution in [0.15, 0.2) is 48.5 Å². The minimum Gasteiger partial charge on any atom is -0.379 e. The Bertz CT molecular complexity index is 743. The molecule has 0 spiro atoms. The maximum atomic E-state index is 9.99. The number of benzene rings is 2. The van der Waals surface area contributed by atoms with Gasteiger partial charge < -0.3 is 14.9 Å². The molecule has 2 rings (SSSR count). The molecule has 0 amide bonds. The fourth-order valence-corrected chi connectivity index (χ4v) is 2.35. The van der Waals surface area contributed by atoms with Crippen molar-refractivity contribution in [3.05, 3.63) is 70.8 Å². The largest absolute Gasteiger partial charge is 0.379 e. The lowest BCUT2D eigenvalue weighted by Gasteiger charge is -2.04. The summed E-state index contributed by atoms with van der Waals surface area (Å²) >= 11 is 0. The Kier molecular flexibility index (Phi) is 8.62. The highest BCUT2D eigenvalue weighted by Crippen LogP contribution is 2.13. The van der Waals surface area contributed by atoms with Crippen LogP contribution in [0.4, 0.5) is 0 Å². The van der Waals surface area contributed by atoms with Crippen molar-refractivity contribution in [1.82, 2.24) is 0 Å². The van der Waals surface area contributed by atoms with Crippen LogP contribution < -0.4 is 0 Å². The van der Waals surface area contributed by atoms with Crippen molar-refractivity contribution in [1.29, 1.82) is 0 Å². The molecule has 3 nitrogen and oxygen atoms in total. The van der Waals surface area contributed by atoms with Crippen LogP contribution in [0.1, 0.15) is 47.3 Å². The van der Waals surface area contributed by atoms with Gasteiger partial charge in [0.25, 0.3) is 0 Å². The summed E-state index contributed by atoms with van der Waals surface area (Å²) in [6.07, 6.45) is -0.413. The molecular weight excluding hydrogens is 336 g/mol. The SMILES string of the molecule is Cc1ccc([C@H](O)C#CCCOCCC#C[C@@H](O)c2ccc(C)cc2)cc1. The van der Waals surface area contributed by atoms with Crippen molar-refractivity contribution in [2.24, 2.45) is 0 Å². The van der Waals surface area contributed by atoms with Gasteiger partial charge in [0.1, 0.15) is 12.2 Å². The monoisotopic (exact) mass is 362 g/mol. The van der Waals surface area contributed by atoms with Crippen LogP contribution in [-0.4, -0.2) is 23.4 Å². The van der Waals surface area contributed by atoms with Crippen LogP contribution >= 0.6 is 0 Å². The van der Waals surface area contributed by atoms with E-state index in [4.69, 9.17) is 4.74 Å². The molecule has 0 aliphatic carbocycles. The first kappa shape index (κ1) is 20.7. The molecule has 0 saturated carbocycles. The van der Waals surface area contributed by atoms with Gasteiger partial charge in [0.2, 0.25) is 0 Å². The van der Waals surface area contributed by atoms with E-state index in [0.717, 1.165) is 22.3 Å². The second-order valence-electron chi connectivity index (χ2n) is 6.38. The summed E-state index contributed by atoms with van der Waals surface area (Å²) in [5.41, 5.74) is 3.91. The highest BCUT2D eigenvalue weighted by atomic mass is 16.5. The first-order chi connectivity index (χ1) is 13.1. The minimum atomic E-state index is -0.764. The molecule has 2 atom stereocenters. The lowest BCUT2D eigenvalue weighted by atomic mass is 10.1. The van der Waals surface area contributed by atoms with Gasteiger partial charge in [-0.1, -0.05) is 83.3 Å². The van der Waals surface area contributed by atoms with Crippen molar-refractivity contribution in [3.63, 3.8) is 0 Å². The highest BCUT2D eigenvalue weighted by molar-refractivity contribution is 5.29. The third kappa shape index (κ3) is 7.69. The van der Waals surface area contributed by atoms with Gasteiger partial charge in [-0.3, -0.25) is 0 Å². The standard InChI is InChI=1S/C24H26O3/c1-19-9-13-21(14-10-19)23(25)7-3-5-17-27-18-6-4-8-24(26)22-15-11-20(2)12-16-22/h9-16,23-26H,5-6,17-18H2,1-2H3/t23-,24-/m1/s1. The van der Waals surface area contributed by atoms with Crippen molar-refractivity contribution >= 4 is 0 Å². The van der Waals surface area contributed by atoms with Gasteiger partial charge in [0, 0.05) is 12.8 Å². The van der Waals surface area contributed by atoms with Crippen LogP contribution in [0.3, 0.4) is 0 Å². The molecule has 0 radical (unpaired) electrons. The number of hydrogen-bond donors (Lipinski definition) is 2. The van der Waals surface area contributed by atoms with Crippen LogP contribution in [0, 0.1) is 37.5 Å². The van der Waals surface area contributed by atoms with Crippen molar-refractivity contribution in [2.75, 3.05) is 13.2 Å². The number of rotatable bonds is 6. The van der Waals surface area contributed by atoms with Gasteiger partial charge >= 0.3 is 0 Å². The maximum Gasteiger partial charge on any atom is 0.140 e. The summed E-state index contributed by atoms with van der Waals surface area (Å²) in [7, 11) is 0. The van der Waals surface area contributed by atoms with Gasteiger partial charge in [0.05, 0.1) is 13.2 Å². The van der Waals surface area contributed by atoms with E-state index < -0.39 is 12.2 Å². The van der Waals surface area contributed by atoms with Gasteiger partial charge in [-0.05, 0) is 25.0 Å². The Morgan fingerprint density at radius 3 is 1.44 bits per heavy atom. The van der Waals surface area contributed by atoms with E-state index in [1.165, 1.54) is 0 Å². The Balaban J connectivity index is 1.61. The molecule has 0 unspecified atom stereocenters. The van der Waals surface area contributed by atoms with E-state index >= 15 is 0 Å². The fourth-order valence-electron chi connectivity index (χ4n) is 2.35. The molecule has 0 aromatic heterocycles. The second kappa shape index (κ2) is 11.2. The third-order valence-electron chi connectivity index (χ3n) is 4.01. The number of hydrogen-bond acceptors (Lipinski definition) is 3. The molecule has 2 aromatic carbocycles. The molecule has 27 heavy (non-hydrogen) atoms. The van der Waals surface area contributed by atoms with Crippen LogP contribution in [-0.2, 0) is 4.74 Å². The van der Waals surface area contributed by atoms with Crippen molar-refractivity contribution in [3.8, 4) is 23.7 Å². The summed E-state index contributed by atoms with van der Waals surface area (Å²) in [5, 5.41) is 20.0. The van der Waals surface area contributed by atoms with Gasteiger partial charge in [-0.15, -0.1) is 0 Å². The van der Waals surface area contributed by atoms with Crippen molar-refractivity contribution < 1.29 is 14.9 Å². The van der Waals surface area contributed by atoms with Crippen molar-refractivity contribution in [2.45, 2.75) is 38.9 Å². The predicted molar refractivity (Wildman–Crippen MR) is 108 cm³/mol. The summed E-state index contributed by atoms with van der Waals surface area (Å²) in [5.74, 6) is 11.5. The molecule has 2 N–H and O–H groups in total. The Morgan fingerprint density at radius 1 is 0.704 bits per heavy atom. The molecule has 0 aliphatic rings. The van der Waals surface area contributed by atoms with E-state index in [-0.39, 0.29) is 0 Å². The normalized spacial score (nSPS) is 12.3. The highest BCUT2D eigenvalue weighted by Gasteiger charge is 2.02. The first-order valence-electron chi connectivity index (χ1n) is 9.10.